The van der Waals surface area contributed by atoms with Crippen molar-refractivity contribution in [3.8, 4) is 0 Å². The molecule has 1 aromatic heterocycles. The number of benzene rings is 1. The minimum absolute atomic E-state index is 0.0208. The molecule has 1 saturated heterocycles. The fourth-order valence-electron chi connectivity index (χ4n) is 3.81. The summed E-state index contributed by atoms with van der Waals surface area (Å²) in [6.45, 7) is 3.80. The minimum Gasteiger partial charge on any atom is -0.351 e. The van der Waals surface area contributed by atoms with E-state index in [-0.39, 0.29) is 5.78 Å². The first-order valence-electron chi connectivity index (χ1n) is 8.88. The van der Waals surface area contributed by atoms with E-state index in [2.05, 4.69) is 33.6 Å². The second-order valence-corrected chi connectivity index (χ2v) is 6.61. The number of para-hydroxylation sites is 1. The molecule has 1 atom stereocenters. The summed E-state index contributed by atoms with van der Waals surface area (Å²) >= 11 is 0. The lowest BCUT2D eigenvalue weighted by atomic mass is 10.1. The van der Waals surface area contributed by atoms with Crippen LogP contribution < -0.4 is 10.2 Å². The molecule has 0 radical (unpaired) electrons. The van der Waals surface area contributed by atoms with Crippen LogP contribution in [0.1, 0.15) is 48.0 Å². The van der Waals surface area contributed by atoms with E-state index < -0.39 is 0 Å². The first-order chi connectivity index (χ1) is 11.8. The summed E-state index contributed by atoms with van der Waals surface area (Å²) in [5, 5.41) is 7.80. The van der Waals surface area contributed by atoms with E-state index in [0.29, 0.717) is 18.2 Å². The fourth-order valence-corrected chi connectivity index (χ4v) is 3.81. The molecule has 0 spiro atoms. The van der Waals surface area contributed by atoms with E-state index in [1.165, 1.54) is 17.7 Å². The molecule has 4 rings (SSSR count). The molecule has 5 heteroatoms. The number of Topliss-reactive ketones (excluding diaryl/α,β-unsaturated/α-hetero) is 1. The lowest BCUT2D eigenvalue weighted by Gasteiger charge is -2.20. The molecule has 1 aromatic carbocycles. The number of hydrogen-bond donors (Lipinski definition) is 1. The van der Waals surface area contributed by atoms with Gasteiger partial charge in [0, 0.05) is 31.1 Å². The maximum absolute atomic E-state index is 12.4. The minimum atomic E-state index is 0.0208. The Kier molecular flexibility index (Phi) is 4.10. The Labute approximate surface area is 142 Å². The van der Waals surface area contributed by atoms with Crippen LogP contribution in [0.2, 0.25) is 0 Å². The number of nitrogens with one attached hydrogen (secondary N) is 1. The Morgan fingerprint density at radius 2 is 2.29 bits per heavy atom. The van der Waals surface area contributed by atoms with E-state index in [1.54, 1.807) is 0 Å². The van der Waals surface area contributed by atoms with Crippen LogP contribution in [0.3, 0.4) is 0 Å². The van der Waals surface area contributed by atoms with E-state index in [1.807, 2.05) is 13.0 Å². The Morgan fingerprint density at radius 1 is 1.42 bits per heavy atom. The van der Waals surface area contributed by atoms with Gasteiger partial charge in [0.2, 0.25) is 11.5 Å². The second kappa shape index (κ2) is 6.40. The molecule has 2 aromatic rings. The van der Waals surface area contributed by atoms with Crippen molar-refractivity contribution in [2.75, 3.05) is 18.0 Å². The molecule has 24 heavy (non-hydrogen) atoms. The van der Waals surface area contributed by atoms with Gasteiger partial charge in [-0.2, -0.15) is 0 Å². The van der Waals surface area contributed by atoms with Crippen molar-refractivity contribution in [3.63, 3.8) is 0 Å². The van der Waals surface area contributed by atoms with Crippen molar-refractivity contribution >= 4 is 17.2 Å². The predicted molar refractivity (Wildman–Crippen MR) is 93.0 cm³/mol. The predicted octanol–water partition coefficient (Wildman–Crippen LogP) is 3.26. The van der Waals surface area contributed by atoms with Gasteiger partial charge in [-0.3, -0.25) is 4.79 Å². The normalized spacial score (nSPS) is 19.7. The van der Waals surface area contributed by atoms with Crippen molar-refractivity contribution in [1.82, 2.24) is 10.5 Å². The van der Waals surface area contributed by atoms with Crippen LogP contribution in [-0.4, -0.2) is 30.1 Å². The van der Waals surface area contributed by atoms with Crippen LogP contribution in [0.25, 0.3) is 0 Å². The average molecular weight is 325 g/mol. The van der Waals surface area contributed by atoms with Crippen LogP contribution in [0.15, 0.2) is 28.8 Å². The third-order valence-electron chi connectivity index (χ3n) is 5.07. The zero-order valence-electron chi connectivity index (χ0n) is 14.0. The Morgan fingerprint density at radius 3 is 3.08 bits per heavy atom. The van der Waals surface area contributed by atoms with E-state index in [4.69, 9.17) is 4.52 Å². The molecule has 0 amide bonds. The third-order valence-corrected chi connectivity index (χ3v) is 5.07. The van der Waals surface area contributed by atoms with Crippen molar-refractivity contribution < 1.29 is 9.32 Å². The van der Waals surface area contributed by atoms with E-state index >= 15 is 0 Å². The number of rotatable bonds is 5. The summed E-state index contributed by atoms with van der Waals surface area (Å²) in [5.41, 5.74) is 4.29. The highest BCUT2D eigenvalue weighted by Crippen LogP contribution is 2.39. The summed E-state index contributed by atoms with van der Waals surface area (Å²) in [7, 11) is 0. The number of hydrogen-bond acceptors (Lipinski definition) is 5. The number of fused-ring (bicyclic) bond motifs is 1. The average Bonchev–Trinajstić information content (AvgIpc) is 3.33. The molecule has 3 heterocycles. The smallest absolute Gasteiger partial charge is 0.226 e. The van der Waals surface area contributed by atoms with Gasteiger partial charge in [-0.05, 0) is 37.4 Å². The van der Waals surface area contributed by atoms with Gasteiger partial charge in [-0.15, -0.1) is 0 Å². The van der Waals surface area contributed by atoms with Crippen LogP contribution in [-0.2, 0) is 12.8 Å². The number of carbonyl (C=O) groups excluding carboxylic acids is 1. The third kappa shape index (κ3) is 2.63. The molecular formula is C19H23N3O2. The lowest BCUT2D eigenvalue weighted by molar-refractivity contribution is 0.0953. The molecule has 0 saturated carbocycles. The molecule has 5 nitrogen and oxygen atoms in total. The molecule has 126 valence electrons. The number of ketones is 1. The summed E-state index contributed by atoms with van der Waals surface area (Å²) in [5.74, 6) is 0.440. The fraction of sp³-hybridized carbons (Fsp3) is 0.474. The largest absolute Gasteiger partial charge is 0.351 e. The summed E-state index contributed by atoms with van der Waals surface area (Å²) in [6, 6.07) is 8.81. The van der Waals surface area contributed by atoms with E-state index in [9.17, 15) is 4.79 Å². The van der Waals surface area contributed by atoms with Crippen molar-refractivity contribution in [2.24, 2.45) is 0 Å². The highest BCUT2D eigenvalue weighted by atomic mass is 16.5. The number of aromatic nitrogens is 1. The molecule has 2 aliphatic rings. The number of carbonyl (C=O) groups is 1. The maximum atomic E-state index is 12.4. The SMILES string of the molecule is CCC(=O)c1onc(CC2CCCN2)c1N1CCc2ccccc21. The molecule has 1 N–H and O–H groups in total. The Hall–Kier alpha value is -2.14. The van der Waals surface area contributed by atoms with Gasteiger partial charge in [0.25, 0.3) is 0 Å². The van der Waals surface area contributed by atoms with Crippen molar-refractivity contribution in [1.29, 1.82) is 0 Å². The molecule has 2 aliphatic heterocycles. The lowest BCUT2D eigenvalue weighted by Crippen LogP contribution is -2.25. The van der Waals surface area contributed by atoms with Gasteiger partial charge >= 0.3 is 0 Å². The van der Waals surface area contributed by atoms with E-state index in [0.717, 1.165) is 43.7 Å². The monoisotopic (exact) mass is 325 g/mol. The second-order valence-electron chi connectivity index (χ2n) is 6.61. The molecule has 0 aliphatic carbocycles. The standard InChI is InChI=1S/C19H23N3O2/c1-2-17(23)19-18(15(21-24-19)12-14-7-5-10-20-14)22-11-9-13-6-3-4-8-16(13)22/h3-4,6,8,14,20H,2,5,7,9-12H2,1H3. The van der Waals surface area contributed by atoms with Gasteiger partial charge in [-0.1, -0.05) is 30.3 Å². The van der Waals surface area contributed by atoms with Gasteiger partial charge in [0.15, 0.2) is 0 Å². The van der Waals surface area contributed by atoms with Gasteiger partial charge < -0.3 is 14.7 Å². The highest BCUT2D eigenvalue weighted by Gasteiger charge is 2.31. The van der Waals surface area contributed by atoms with Crippen molar-refractivity contribution in [2.45, 2.75) is 45.1 Å². The number of anilines is 2. The van der Waals surface area contributed by atoms with Gasteiger partial charge in [-0.25, -0.2) is 0 Å². The Balaban J connectivity index is 1.74. The van der Waals surface area contributed by atoms with Crippen LogP contribution >= 0.6 is 0 Å². The summed E-state index contributed by atoms with van der Waals surface area (Å²) < 4.78 is 5.52. The summed E-state index contributed by atoms with van der Waals surface area (Å²) in [6.07, 6.45) is 4.58. The zero-order chi connectivity index (χ0) is 16.5. The maximum Gasteiger partial charge on any atom is 0.226 e. The molecule has 1 fully saturated rings. The zero-order valence-corrected chi connectivity index (χ0v) is 14.0. The Bertz CT molecular complexity index is 747. The first-order valence-corrected chi connectivity index (χ1v) is 8.88. The highest BCUT2D eigenvalue weighted by molar-refractivity contribution is 6.00. The number of nitrogens with zero attached hydrogens (tertiary/aromatic N) is 2. The quantitative estimate of drug-likeness (QED) is 0.855. The van der Waals surface area contributed by atoms with Crippen molar-refractivity contribution in [3.05, 3.63) is 41.3 Å². The van der Waals surface area contributed by atoms with Crippen LogP contribution in [0.4, 0.5) is 11.4 Å². The van der Waals surface area contributed by atoms with Gasteiger partial charge in [0.1, 0.15) is 11.4 Å². The van der Waals surface area contributed by atoms with Crippen LogP contribution in [0, 0.1) is 0 Å². The molecule has 1 unspecified atom stereocenters. The summed E-state index contributed by atoms with van der Waals surface area (Å²) in [4.78, 5) is 14.6. The topological polar surface area (TPSA) is 58.4 Å². The molecular weight excluding hydrogens is 302 g/mol. The van der Waals surface area contributed by atoms with Crippen LogP contribution in [0.5, 0.6) is 0 Å². The van der Waals surface area contributed by atoms with Gasteiger partial charge in [0.05, 0.1) is 0 Å². The molecule has 0 bridgehead atoms. The first kappa shape index (κ1) is 15.4.